The van der Waals surface area contributed by atoms with Gasteiger partial charge in [0.2, 0.25) is 17.1 Å². The first-order valence-electron chi connectivity index (χ1n) is 12.0. The summed E-state index contributed by atoms with van der Waals surface area (Å²) in [6.45, 7) is 2.01. The summed E-state index contributed by atoms with van der Waals surface area (Å²) in [5.41, 5.74) is 2.52. The van der Waals surface area contributed by atoms with Gasteiger partial charge in [-0.25, -0.2) is 0 Å². The van der Waals surface area contributed by atoms with Crippen LogP contribution in [0.3, 0.4) is 0 Å². The summed E-state index contributed by atoms with van der Waals surface area (Å²) in [7, 11) is 0. The van der Waals surface area contributed by atoms with E-state index in [4.69, 9.17) is 13.9 Å². The predicted molar refractivity (Wildman–Crippen MR) is 145 cm³/mol. The molecule has 0 bridgehead atoms. The van der Waals surface area contributed by atoms with E-state index >= 15 is 0 Å². The first-order chi connectivity index (χ1) is 18.5. The molecule has 0 unspecified atom stereocenters. The molecule has 190 valence electrons. The zero-order chi connectivity index (χ0) is 26.5. The number of fused-ring (bicyclic) bond motifs is 1. The van der Waals surface area contributed by atoms with E-state index in [0.29, 0.717) is 36.0 Å². The van der Waals surface area contributed by atoms with Crippen molar-refractivity contribution in [1.29, 1.82) is 0 Å². The molecule has 0 saturated heterocycles. The minimum Gasteiger partial charge on any atom is -0.502 e. The van der Waals surface area contributed by atoms with Gasteiger partial charge in [-0.15, -0.1) is 0 Å². The summed E-state index contributed by atoms with van der Waals surface area (Å²) in [6, 6.07) is 29.3. The highest BCUT2D eigenvalue weighted by atomic mass is 16.5. The molecular weight excluding hydrogens is 482 g/mol. The van der Waals surface area contributed by atoms with Crippen LogP contribution in [0.4, 0.5) is 5.69 Å². The van der Waals surface area contributed by atoms with Gasteiger partial charge in [0.05, 0.1) is 5.39 Å². The maximum atomic E-state index is 13.0. The largest absolute Gasteiger partial charge is 0.502 e. The van der Waals surface area contributed by atoms with E-state index in [0.717, 1.165) is 11.1 Å². The van der Waals surface area contributed by atoms with Crippen LogP contribution in [0, 0.1) is 0 Å². The molecule has 4 aromatic carbocycles. The van der Waals surface area contributed by atoms with Crippen LogP contribution in [0.15, 0.2) is 106 Å². The maximum Gasteiger partial charge on any atom is 0.235 e. The number of ether oxygens (including phenoxy) is 2. The summed E-state index contributed by atoms with van der Waals surface area (Å²) in [4.78, 5) is 24.4. The number of carbonyl (C=O) groups is 1. The van der Waals surface area contributed by atoms with Crippen molar-refractivity contribution in [1.82, 2.24) is 0 Å². The van der Waals surface area contributed by atoms with Crippen LogP contribution in [0.1, 0.15) is 18.1 Å². The van der Waals surface area contributed by atoms with Gasteiger partial charge in [0.1, 0.15) is 18.8 Å². The topological polar surface area (TPSA) is 98.0 Å². The molecule has 5 rings (SSSR count). The molecule has 0 aliphatic carbocycles. The molecule has 1 heterocycles. The molecule has 0 saturated carbocycles. The summed E-state index contributed by atoms with van der Waals surface area (Å²) < 4.78 is 18.1. The standard InChI is InChI=1S/C31H25NO6/c1-20(33)32-24-13-15-26-25(17-24)29(34)30(35)31(38-26)23-12-14-27(36-18-21-8-4-2-5-9-21)28(16-23)37-19-22-10-6-3-7-11-22/h2-17,35H,18-19H2,1H3,(H,32,33). The van der Waals surface area contributed by atoms with Crippen LogP contribution in [0.5, 0.6) is 17.2 Å². The highest BCUT2D eigenvalue weighted by Gasteiger charge is 2.18. The third-order valence-electron chi connectivity index (χ3n) is 5.87. The lowest BCUT2D eigenvalue weighted by atomic mass is 10.1. The van der Waals surface area contributed by atoms with Crippen molar-refractivity contribution in [2.45, 2.75) is 20.1 Å². The first kappa shape index (κ1) is 24.6. The second-order valence-corrected chi connectivity index (χ2v) is 8.71. The van der Waals surface area contributed by atoms with Gasteiger partial charge in [-0.3, -0.25) is 9.59 Å². The fraction of sp³-hybridized carbons (Fsp3) is 0.0968. The Balaban J connectivity index is 1.51. The van der Waals surface area contributed by atoms with Crippen LogP contribution in [-0.2, 0) is 18.0 Å². The first-order valence-corrected chi connectivity index (χ1v) is 12.0. The van der Waals surface area contributed by atoms with Crippen molar-refractivity contribution >= 4 is 22.6 Å². The number of rotatable bonds is 8. The van der Waals surface area contributed by atoms with Gasteiger partial charge in [0.15, 0.2) is 17.3 Å². The van der Waals surface area contributed by atoms with Crippen LogP contribution in [0.2, 0.25) is 0 Å². The average molecular weight is 508 g/mol. The van der Waals surface area contributed by atoms with Gasteiger partial charge in [0, 0.05) is 18.2 Å². The van der Waals surface area contributed by atoms with Crippen molar-refractivity contribution in [2.24, 2.45) is 0 Å². The number of nitrogens with one attached hydrogen (secondary N) is 1. The molecule has 0 fully saturated rings. The van der Waals surface area contributed by atoms with Crippen molar-refractivity contribution in [2.75, 3.05) is 5.32 Å². The lowest BCUT2D eigenvalue weighted by Gasteiger charge is -2.15. The van der Waals surface area contributed by atoms with E-state index in [1.54, 1.807) is 30.3 Å². The summed E-state index contributed by atoms with van der Waals surface area (Å²) >= 11 is 0. The number of hydrogen-bond donors (Lipinski definition) is 2. The summed E-state index contributed by atoms with van der Waals surface area (Å²) in [6.07, 6.45) is 0. The SMILES string of the molecule is CC(=O)Nc1ccc2oc(-c3ccc(OCc4ccccc4)c(OCc4ccccc4)c3)c(O)c(=O)c2c1. The number of carbonyl (C=O) groups excluding carboxylic acids is 1. The van der Waals surface area contributed by atoms with Gasteiger partial charge in [-0.2, -0.15) is 0 Å². The quantitative estimate of drug-likeness (QED) is 0.256. The molecule has 0 radical (unpaired) electrons. The molecule has 2 N–H and O–H groups in total. The number of hydrogen-bond acceptors (Lipinski definition) is 6. The van der Waals surface area contributed by atoms with Crippen LogP contribution < -0.4 is 20.2 Å². The number of benzene rings is 4. The van der Waals surface area contributed by atoms with Crippen LogP contribution in [-0.4, -0.2) is 11.0 Å². The van der Waals surface area contributed by atoms with E-state index in [1.165, 1.54) is 13.0 Å². The Kier molecular flexibility index (Phi) is 7.08. The third kappa shape index (κ3) is 5.52. The third-order valence-corrected chi connectivity index (χ3v) is 5.87. The van der Waals surface area contributed by atoms with Crippen molar-refractivity contribution in [3.63, 3.8) is 0 Å². The zero-order valence-electron chi connectivity index (χ0n) is 20.6. The molecule has 0 aliphatic rings. The van der Waals surface area contributed by atoms with Crippen molar-refractivity contribution in [3.05, 3.63) is 118 Å². The second-order valence-electron chi connectivity index (χ2n) is 8.71. The van der Waals surface area contributed by atoms with Crippen molar-refractivity contribution < 1.29 is 23.8 Å². The molecule has 1 amide bonds. The number of amides is 1. The van der Waals surface area contributed by atoms with E-state index in [9.17, 15) is 14.7 Å². The molecule has 7 heteroatoms. The highest BCUT2D eigenvalue weighted by molar-refractivity contribution is 5.92. The van der Waals surface area contributed by atoms with Gasteiger partial charge in [0.25, 0.3) is 0 Å². The van der Waals surface area contributed by atoms with Gasteiger partial charge in [-0.1, -0.05) is 60.7 Å². The Morgan fingerprint density at radius 1 is 0.816 bits per heavy atom. The Morgan fingerprint density at radius 2 is 1.45 bits per heavy atom. The van der Waals surface area contributed by atoms with Crippen molar-refractivity contribution in [3.8, 4) is 28.6 Å². The smallest absolute Gasteiger partial charge is 0.235 e. The van der Waals surface area contributed by atoms with E-state index in [1.807, 2.05) is 60.7 Å². The Hall–Kier alpha value is -5.04. The van der Waals surface area contributed by atoms with E-state index in [-0.39, 0.29) is 22.6 Å². The lowest BCUT2D eigenvalue weighted by molar-refractivity contribution is -0.114. The molecule has 0 atom stereocenters. The fourth-order valence-electron chi connectivity index (χ4n) is 4.01. The van der Waals surface area contributed by atoms with Crippen LogP contribution in [0.25, 0.3) is 22.3 Å². The van der Waals surface area contributed by atoms with Crippen LogP contribution >= 0.6 is 0 Å². The number of aromatic hydroxyl groups is 1. The van der Waals surface area contributed by atoms with Gasteiger partial charge >= 0.3 is 0 Å². The number of anilines is 1. The van der Waals surface area contributed by atoms with Gasteiger partial charge < -0.3 is 24.3 Å². The normalized spacial score (nSPS) is 10.8. The summed E-state index contributed by atoms with van der Waals surface area (Å²) in [5, 5.41) is 13.6. The molecular formula is C31H25NO6. The summed E-state index contributed by atoms with van der Waals surface area (Å²) in [5.74, 6) is 0.145. The molecule has 1 aromatic heterocycles. The molecule has 7 nitrogen and oxygen atoms in total. The monoisotopic (exact) mass is 507 g/mol. The highest BCUT2D eigenvalue weighted by Crippen LogP contribution is 2.37. The minimum atomic E-state index is -0.607. The molecule has 5 aromatic rings. The van der Waals surface area contributed by atoms with E-state index in [2.05, 4.69) is 5.32 Å². The lowest BCUT2D eigenvalue weighted by Crippen LogP contribution is -2.07. The Bertz CT molecular complexity index is 1640. The zero-order valence-corrected chi connectivity index (χ0v) is 20.6. The molecule has 38 heavy (non-hydrogen) atoms. The van der Waals surface area contributed by atoms with E-state index < -0.39 is 11.2 Å². The maximum absolute atomic E-state index is 13.0. The minimum absolute atomic E-state index is 0.00828. The Morgan fingerprint density at radius 3 is 2.08 bits per heavy atom. The second kappa shape index (κ2) is 10.9. The predicted octanol–water partition coefficient (Wildman–Crippen LogP) is 6.28. The molecule has 0 aliphatic heterocycles. The molecule has 0 spiro atoms. The fourth-order valence-corrected chi connectivity index (χ4v) is 4.01. The average Bonchev–Trinajstić information content (AvgIpc) is 2.94. The van der Waals surface area contributed by atoms with Gasteiger partial charge in [-0.05, 0) is 47.5 Å². The Labute approximate surface area is 218 Å².